The molecule has 1 amide bonds. The van der Waals surface area contributed by atoms with Gasteiger partial charge in [-0.3, -0.25) is 14.5 Å². The van der Waals surface area contributed by atoms with Gasteiger partial charge in [0.05, 0.1) is 16.1 Å². The third-order valence-electron chi connectivity index (χ3n) is 5.49. The molecule has 3 aromatic rings. The van der Waals surface area contributed by atoms with Gasteiger partial charge < -0.3 is 4.90 Å². The maximum atomic E-state index is 13.1. The number of H-pyrrole nitrogens is 1. The Balaban J connectivity index is 1.50. The minimum Gasteiger partial charge on any atom is -0.336 e. The fourth-order valence-electron chi connectivity index (χ4n) is 4.01. The molecule has 4 rings (SSSR count). The summed E-state index contributed by atoms with van der Waals surface area (Å²) in [7, 11) is 0. The lowest BCUT2D eigenvalue weighted by Gasteiger charge is -2.25. The number of hydrogen-bond acceptors (Lipinski definition) is 3. The standard InChI is InChI=1S/C22H22Cl2N4OS/c1-14-4-2-5-16(12-14)21-25-26-22(30)28(21)11-9-20(29)27-10-3-6-19(27)15-7-8-17(23)18(24)13-15/h2,4-5,7-8,12-13,19H,3,6,9-11H2,1H3,(H,26,30). The number of aromatic nitrogens is 3. The van der Waals surface area contributed by atoms with E-state index in [1.54, 1.807) is 6.07 Å². The number of amides is 1. The summed E-state index contributed by atoms with van der Waals surface area (Å²) in [4.78, 5) is 15.0. The van der Waals surface area contributed by atoms with E-state index in [4.69, 9.17) is 35.4 Å². The molecule has 1 aliphatic rings. The number of aromatic amines is 1. The molecular weight excluding hydrogens is 439 g/mol. The molecule has 0 bridgehead atoms. The van der Waals surface area contributed by atoms with Crippen LogP contribution < -0.4 is 0 Å². The van der Waals surface area contributed by atoms with Crippen molar-refractivity contribution in [3.05, 3.63) is 68.4 Å². The molecule has 8 heteroatoms. The van der Waals surface area contributed by atoms with Gasteiger partial charge in [0.25, 0.3) is 0 Å². The lowest BCUT2D eigenvalue weighted by atomic mass is 10.0. The Morgan fingerprint density at radius 1 is 1.23 bits per heavy atom. The van der Waals surface area contributed by atoms with Crippen LogP contribution in [0.4, 0.5) is 0 Å². The van der Waals surface area contributed by atoms with Crippen LogP contribution in [0.3, 0.4) is 0 Å². The lowest BCUT2D eigenvalue weighted by molar-refractivity contribution is -0.132. The van der Waals surface area contributed by atoms with Crippen molar-refractivity contribution >= 4 is 41.3 Å². The first-order valence-electron chi connectivity index (χ1n) is 9.90. The van der Waals surface area contributed by atoms with Crippen molar-refractivity contribution in [1.29, 1.82) is 0 Å². The zero-order chi connectivity index (χ0) is 21.3. The predicted octanol–water partition coefficient (Wildman–Crippen LogP) is 5.98. The van der Waals surface area contributed by atoms with Gasteiger partial charge in [-0.05, 0) is 55.7 Å². The summed E-state index contributed by atoms with van der Waals surface area (Å²) in [6.45, 7) is 3.25. The van der Waals surface area contributed by atoms with Crippen LogP contribution >= 0.6 is 35.4 Å². The van der Waals surface area contributed by atoms with Gasteiger partial charge in [0.15, 0.2) is 10.6 Å². The number of halogens is 2. The van der Waals surface area contributed by atoms with Gasteiger partial charge in [-0.2, -0.15) is 5.10 Å². The van der Waals surface area contributed by atoms with Gasteiger partial charge >= 0.3 is 0 Å². The molecule has 156 valence electrons. The van der Waals surface area contributed by atoms with Gasteiger partial charge in [0, 0.05) is 25.1 Å². The maximum absolute atomic E-state index is 13.1. The summed E-state index contributed by atoms with van der Waals surface area (Å²) in [5.74, 6) is 0.848. The van der Waals surface area contributed by atoms with E-state index in [0.717, 1.165) is 41.9 Å². The fraction of sp³-hybridized carbons (Fsp3) is 0.318. The van der Waals surface area contributed by atoms with Crippen molar-refractivity contribution in [3.63, 3.8) is 0 Å². The van der Waals surface area contributed by atoms with E-state index >= 15 is 0 Å². The molecule has 1 atom stereocenters. The number of hydrogen-bond donors (Lipinski definition) is 1. The van der Waals surface area contributed by atoms with Gasteiger partial charge in [-0.15, -0.1) is 0 Å². The van der Waals surface area contributed by atoms with Gasteiger partial charge in [0.1, 0.15) is 0 Å². The number of carbonyl (C=O) groups excluding carboxylic acids is 1. The van der Waals surface area contributed by atoms with Gasteiger partial charge in [-0.1, -0.05) is 53.0 Å². The zero-order valence-corrected chi connectivity index (χ0v) is 18.9. The average molecular weight is 461 g/mol. The highest BCUT2D eigenvalue weighted by Gasteiger charge is 2.30. The third kappa shape index (κ3) is 4.31. The van der Waals surface area contributed by atoms with E-state index in [2.05, 4.69) is 16.3 Å². The largest absolute Gasteiger partial charge is 0.336 e. The lowest BCUT2D eigenvalue weighted by Crippen LogP contribution is -2.31. The number of likely N-dealkylation sites (tertiary alicyclic amines) is 1. The highest BCUT2D eigenvalue weighted by atomic mass is 35.5. The Labute approximate surface area is 190 Å². The van der Waals surface area contributed by atoms with E-state index < -0.39 is 0 Å². The summed E-state index contributed by atoms with van der Waals surface area (Å²) < 4.78 is 2.41. The molecule has 0 aliphatic carbocycles. The smallest absolute Gasteiger partial charge is 0.224 e. The van der Waals surface area contributed by atoms with Crippen molar-refractivity contribution in [2.24, 2.45) is 0 Å². The topological polar surface area (TPSA) is 53.9 Å². The zero-order valence-electron chi connectivity index (χ0n) is 16.6. The molecule has 5 nitrogen and oxygen atoms in total. The van der Waals surface area contributed by atoms with Crippen LogP contribution in [0.1, 0.15) is 36.4 Å². The SMILES string of the molecule is Cc1cccc(-c2n[nH]c(=S)n2CCC(=O)N2CCCC2c2ccc(Cl)c(Cl)c2)c1. The molecule has 2 aromatic carbocycles. The van der Waals surface area contributed by atoms with Crippen LogP contribution in [-0.4, -0.2) is 32.1 Å². The molecule has 1 aliphatic heterocycles. The van der Waals surface area contributed by atoms with Gasteiger partial charge in [0.2, 0.25) is 5.91 Å². The van der Waals surface area contributed by atoms with E-state index in [9.17, 15) is 4.79 Å². The molecule has 1 saturated heterocycles. The predicted molar refractivity (Wildman–Crippen MR) is 122 cm³/mol. The number of aryl methyl sites for hydroxylation is 1. The fourth-order valence-corrected chi connectivity index (χ4v) is 4.54. The Bertz CT molecular complexity index is 1140. The minimum absolute atomic E-state index is 0.0285. The second-order valence-corrected chi connectivity index (χ2v) is 8.74. The maximum Gasteiger partial charge on any atom is 0.224 e. The first kappa shape index (κ1) is 21.1. The molecule has 2 heterocycles. The average Bonchev–Trinajstić information content (AvgIpc) is 3.35. The summed E-state index contributed by atoms with van der Waals surface area (Å²) >= 11 is 17.7. The van der Waals surface area contributed by atoms with Crippen molar-refractivity contribution in [1.82, 2.24) is 19.7 Å². The molecule has 0 saturated carbocycles. The third-order valence-corrected chi connectivity index (χ3v) is 6.54. The van der Waals surface area contributed by atoms with Gasteiger partial charge in [-0.25, -0.2) is 0 Å². The highest BCUT2D eigenvalue weighted by Crippen LogP contribution is 2.35. The summed E-state index contributed by atoms with van der Waals surface area (Å²) in [5.41, 5.74) is 3.14. The molecule has 1 unspecified atom stereocenters. The van der Waals surface area contributed by atoms with Crippen LogP contribution in [0.5, 0.6) is 0 Å². The first-order chi connectivity index (χ1) is 14.4. The number of nitrogens with zero attached hydrogens (tertiary/aromatic N) is 3. The van der Waals surface area contributed by atoms with E-state index in [0.29, 0.717) is 27.8 Å². The van der Waals surface area contributed by atoms with Crippen molar-refractivity contribution in [2.75, 3.05) is 6.54 Å². The normalized spacial score (nSPS) is 16.2. The van der Waals surface area contributed by atoms with Crippen molar-refractivity contribution in [3.8, 4) is 11.4 Å². The van der Waals surface area contributed by atoms with Crippen molar-refractivity contribution < 1.29 is 4.79 Å². The van der Waals surface area contributed by atoms with E-state index in [-0.39, 0.29) is 11.9 Å². The van der Waals surface area contributed by atoms with Crippen LogP contribution in [0.15, 0.2) is 42.5 Å². The van der Waals surface area contributed by atoms with Crippen molar-refractivity contribution in [2.45, 2.75) is 38.8 Å². The Morgan fingerprint density at radius 2 is 2.07 bits per heavy atom. The summed E-state index contributed by atoms with van der Waals surface area (Å²) in [6, 6.07) is 13.7. The van der Waals surface area contributed by atoms with E-state index in [1.165, 1.54) is 0 Å². The highest BCUT2D eigenvalue weighted by molar-refractivity contribution is 7.71. The number of benzene rings is 2. The quantitative estimate of drug-likeness (QED) is 0.476. The monoisotopic (exact) mass is 460 g/mol. The van der Waals surface area contributed by atoms with Crippen LogP contribution in [0.2, 0.25) is 10.0 Å². The Morgan fingerprint density at radius 3 is 2.83 bits per heavy atom. The molecule has 1 aromatic heterocycles. The molecule has 1 N–H and O–H groups in total. The van der Waals surface area contributed by atoms with Crippen LogP contribution in [0.25, 0.3) is 11.4 Å². The number of carbonyl (C=O) groups is 1. The molecular formula is C22H22Cl2N4OS. The number of rotatable bonds is 5. The summed E-state index contributed by atoms with van der Waals surface area (Å²) in [6.07, 6.45) is 2.24. The second-order valence-electron chi connectivity index (χ2n) is 7.54. The minimum atomic E-state index is 0.0285. The number of nitrogens with one attached hydrogen (secondary N) is 1. The Kier molecular flexibility index (Phi) is 6.27. The Hall–Kier alpha value is -2.15. The van der Waals surface area contributed by atoms with Crippen LogP contribution in [0, 0.1) is 11.7 Å². The molecule has 0 spiro atoms. The summed E-state index contributed by atoms with van der Waals surface area (Å²) in [5, 5.41) is 8.27. The molecule has 0 radical (unpaired) electrons. The first-order valence-corrected chi connectivity index (χ1v) is 11.1. The molecule has 1 fully saturated rings. The second kappa shape index (κ2) is 8.92. The van der Waals surface area contributed by atoms with E-state index in [1.807, 2.05) is 46.7 Å². The molecule has 30 heavy (non-hydrogen) atoms. The van der Waals surface area contributed by atoms with Crippen LogP contribution in [-0.2, 0) is 11.3 Å².